The van der Waals surface area contributed by atoms with Gasteiger partial charge in [0.1, 0.15) is 0 Å². The van der Waals surface area contributed by atoms with Crippen molar-refractivity contribution in [3.63, 3.8) is 0 Å². The summed E-state index contributed by atoms with van der Waals surface area (Å²) < 4.78 is 0. The Hall–Kier alpha value is 0. The zero-order valence-corrected chi connectivity index (χ0v) is 18.8. The van der Waals surface area contributed by atoms with Crippen molar-refractivity contribution >= 4 is 0 Å². The fraction of sp³-hybridized carbons (Fsp3) is 0.962. The Balaban J connectivity index is 3.59. The summed E-state index contributed by atoms with van der Waals surface area (Å²) in [5.74, 6) is 1.02. The molecule has 0 saturated heterocycles. The molecule has 1 unspecified atom stereocenters. The molecule has 0 aliphatic rings. The van der Waals surface area contributed by atoms with Gasteiger partial charge in [-0.2, -0.15) is 0 Å². The van der Waals surface area contributed by atoms with E-state index in [1.165, 1.54) is 135 Å². The molecule has 1 atom stereocenters. The highest BCUT2D eigenvalue weighted by molar-refractivity contribution is 4.62. The smallest absolute Gasteiger partial charge is 0.0414 e. The third-order valence-electron chi connectivity index (χ3n) is 6.04. The van der Waals surface area contributed by atoms with Crippen LogP contribution >= 0.6 is 0 Å². The summed E-state index contributed by atoms with van der Waals surface area (Å²) in [6.07, 6.45) is 31.7. The van der Waals surface area contributed by atoms with E-state index < -0.39 is 0 Å². The van der Waals surface area contributed by atoms with Crippen molar-refractivity contribution in [2.75, 3.05) is 0 Å². The van der Waals surface area contributed by atoms with Gasteiger partial charge in [0.05, 0.1) is 0 Å². The lowest BCUT2D eigenvalue weighted by Crippen LogP contribution is -2.01. The lowest BCUT2D eigenvalue weighted by atomic mass is 9.89. The minimum absolute atomic E-state index is 1.02. The zero-order valence-electron chi connectivity index (χ0n) is 18.8. The van der Waals surface area contributed by atoms with Crippen LogP contribution in [0.25, 0.3) is 0 Å². The Morgan fingerprint density at radius 2 is 0.731 bits per heavy atom. The molecular formula is C26H53. The van der Waals surface area contributed by atoms with Crippen molar-refractivity contribution in [2.45, 2.75) is 155 Å². The number of rotatable bonds is 22. The minimum Gasteiger partial charge on any atom is -0.0654 e. The molecule has 0 aliphatic carbocycles. The standard InChI is InChI=1S/C26H53/c1-4-7-10-12-14-15-16-17-19-22-25-26(23-20-9-6-3)24-21-18-13-11-8-5-2/h26H,3-25H2,1-2H3. The Bertz CT molecular complexity index is 232. The van der Waals surface area contributed by atoms with Crippen LogP contribution in [0.1, 0.15) is 155 Å². The molecule has 0 aromatic carbocycles. The molecule has 0 rings (SSSR count). The van der Waals surface area contributed by atoms with Crippen LogP contribution in [0.15, 0.2) is 0 Å². The van der Waals surface area contributed by atoms with E-state index in [2.05, 4.69) is 20.8 Å². The van der Waals surface area contributed by atoms with E-state index in [0.29, 0.717) is 0 Å². The van der Waals surface area contributed by atoms with Crippen molar-refractivity contribution in [1.29, 1.82) is 0 Å². The normalized spacial score (nSPS) is 12.6. The van der Waals surface area contributed by atoms with Crippen LogP contribution in [0.5, 0.6) is 0 Å². The molecule has 0 amide bonds. The van der Waals surface area contributed by atoms with Gasteiger partial charge in [0, 0.05) is 0 Å². The van der Waals surface area contributed by atoms with Gasteiger partial charge in [0.25, 0.3) is 0 Å². The summed E-state index contributed by atoms with van der Waals surface area (Å²) in [5.41, 5.74) is 0. The molecule has 0 aromatic heterocycles. The molecule has 0 fully saturated rings. The molecule has 0 N–H and O–H groups in total. The second-order valence-electron chi connectivity index (χ2n) is 8.74. The van der Waals surface area contributed by atoms with E-state index >= 15 is 0 Å². The van der Waals surface area contributed by atoms with E-state index in [4.69, 9.17) is 0 Å². The molecule has 1 radical (unpaired) electrons. The maximum absolute atomic E-state index is 4.01. The summed E-state index contributed by atoms with van der Waals surface area (Å²) in [4.78, 5) is 0. The second kappa shape index (κ2) is 23.0. The SMILES string of the molecule is [CH2]CCCCC(CCCCCCCC)CCCCCCCCCCCC. The van der Waals surface area contributed by atoms with Gasteiger partial charge in [-0.15, -0.1) is 0 Å². The summed E-state index contributed by atoms with van der Waals surface area (Å²) in [7, 11) is 0. The summed E-state index contributed by atoms with van der Waals surface area (Å²) in [6.45, 7) is 8.63. The van der Waals surface area contributed by atoms with Crippen LogP contribution in [0.3, 0.4) is 0 Å². The minimum atomic E-state index is 1.02. The van der Waals surface area contributed by atoms with Crippen molar-refractivity contribution in [3.05, 3.63) is 6.92 Å². The van der Waals surface area contributed by atoms with E-state index in [-0.39, 0.29) is 0 Å². The van der Waals surface area contributed by atoms with E-state index in [0.717, 1.165) is 12.3 Å². The van der Waals surface area contributed by atoms with Gasteiger partial charge in [-0.05, 0) is 5.92 Å². The third-order valence-corrected chi connectivity index (χ3v) is 6.04. The van der Waals surface area contributed by atoms with Crippen LogP contribution in [0, 0.1) is 12.8 Å². The molecular weight excluding hydrogens is 312 g/mol. The van der Waals surface area contributed by atoms with E-state index in [1.807, 2.05) is 0 Å². The fourth-order valence-electron chi connectivity index (χ4n) is 4.18. The van der Waals surface area contributed by atoms with Gasteiger partial charge < -0.3 is 0 Å². The third kappa shape index (κ3) is 20.3. The zero-order chi connectivity index (χ0) is 19.1. The van der Waals surface area contributed by atoms with Crippen LogP contribution in [0.2, 0.25) is 0 Å². The predicted octanol–water partition coefficient (Wildman–Crippen LogP) is 10.1. The van der Waals surface area contributed by atoms with E-state index in [1.54, 1.807) is 0 Å². The molecule has 0 nitrogen and oxygen atoms in total. The first kappa shape index (κ1) is 26.0. The van der Waals surface area contributed by atoms with Gasteiger partial charge in [-0.3, -0.25) is 0 Å². The van der Waals surface area contributed by atoms with Gasteiger partial charge in [-0.25, -0.2) is 0 Å². The molecule has 0 spiro atoms. The Kier molecular flexibility index (Phi) is 23.0. The Morgan fingerprint density at radius 1 is 0.423 bits per heavy atom. The maximum Gasteiger partial charge on any atom is -0.0414 e. The lowest BCUT2D eigenvalue weighted by molar-refractivity contribution is 0.368. The van der Waals surface area contributed by atoms with Crippen molar-refractivity contribution in [2.24, 2.45) is 5.92 Å². The highest BCUT2D eigenvalue weighted by Gasteiger charge is 2.08. The largest absolute Gasteiger partial charge is 0.0654 e. The van der Waals surface area contributed by atoms with Crippen molar-refractivity contribution < 1.29 is 0 Å². The van der Waals surface area contributed by atoms with E-state index in [9.17, 15) is 0 Å². The quantitative estimate of drug-likeness (QED) is 0.167. The average Bonchev–Trinajstić information content (AvgIpc) is 2.65. The molecule has 26 heavy (non-hydrogen) atoms. The van der Waals surface area contributed by atoms with Crippen LogP contribution in [-0.2, 0) is 0 Å². The fourth-order valence-corrected chi connectivity index (χ4v) is 4.18. The average molecular weight is 366 g/mol. The lowest BCUT2D eigenvalue weighted by Gasteiger charge is -2.17. The first-order valence-corrected chi connectivity index (χ1v) is 12.6. The highest BCUT2D eigenvalue weighted by Crippen LogP contribution is 2.24. The number of hydrogen-bond donors (Lipinski definition) is 0. The van der Waals surface area contributed by atoms with Gasteiger partial charge in [0.2, 0.25) is 0 Å². The summed E-state index contributed by atoms with van der Waals surface area (Å²) in [5, 5.41) is 0. The first-order chi connectivity index (χ1) is 12.8. The Labute approximate surface area is 168 Å². The van der Waals surface area contributed by atoms with Crippen LogP contribution in [0.4, 0.5) is 0 Å². The topological polar surface area (TPSA) is 0 Å². The van der Waals surface area contributed by atoms with Gasteiger partial charge >= 0.3 is 0 Å². The molecule has 0 bridgehead atoms. The molecule has 0 aliphatic heterocycles. The highest BCUT2D eigenvalue weighted by atomic mass is 14.1. The van der Waals surface area contributed by atoms with Gasteiger partial charge in [0.15, 0.2) is 0 Å². The van der Waals surface area contributed by atoms with Crippen LogP contribution in [-0.4, -0.2) is 0 Å². The van der Waals surface area contributed by atoms with Gasteiger partial charge in [-0.1, -0.05) is 162 Å². The van der Waals surface area contributed by atoms with Crippen molar-refractivity contribution in [3.8, 4) is 0 Å². The first-order valence-electron chi connectivity index (χ1n) is 12.6. The molecule has 157 valence electrons. The summed E-state index contributed by atoms with van der Waals surface area (Å²) in [6, 6.07) is 0. The number of hydrogen-bond acceptors (Lipinski definition) is 0. The molecule has 0 aromatic rings. The second-order valence-corrected chi connectivity index (χ2v) is 8.74. The van der Waals surface area contributed by atoms with Crippen molar-refractivity contribution in [1.82, 2.24) is 0 Å². The monoisotopic (exact) mass is 365 g/mol. The van der Waals surface area contributed by atoms with Crippen LogP contribution < -0.4 is 0 Å². The predicted molar refractivity (Wildman–Crippen MR) is 122 cm³/mol. The number of unbranched alkanes of at least 4 members (excludes halogenated alkanes) is 16. The molecule has 0 saturated carbocycles. The Morgan fingerprint density at radius 3 is 1.08 bits per heavy atom. The molecule has 0 heteroatoms. The molecule has 0 heterocycles. The summed E-state index contributed by atoms with van der Waals surface area (Å²) >= 11 is 0. The maximum atomic E-state index is 4.01.